The largest absolute Gasteiger partial charge is 0.508 e. The minimum atomic E-state index is -0.512. The molecule has 3 nitrogen and oxygen atoms in total. The quantitative estimate of drug-likeness (QED) is 0.212. The van der Waals surface area contributed by atoms with Crippen LogP contribution in [0, 0.1) is 0 Å². The smallest absolute Gasteiger partial charge is 0.434 e. The lowest BCUT2D eigenvalue weighted by molar-refractivity contribution is 0.0541. The molecule has 3 heteroatoms. The molecule has 0 aliphatic rings. The number of hydrogen-bond donors (Lipinski definition) is 0. The first kappa shape index (κ1) is 22.3. The predicted octanol–water partition coefficient (Wildman–Crippen LogP) is 7.03. The van der Waals surface area contributed by atoms with Crippen molar-refractivity contribution >= 4 is 6.16 Å². The summed E-state index contributed by atoms with van der Waals surface area (Å²) in [5.74, 6) is 0. The Labute approximate surface area is 144 Å². The van der Waals surface area contributed by atoms with Crippen molar-refractivity contribution in [1.82, 2.24) is 0 Å². The van der Waals surface area contributed by atoms with E-state index < -0.39 is 6.16 Å². The fourth-order valence-electron chi connectivity index (χ4n) is 2.68. The van der Waals surface area contributed by atoms with Crippen LogP contribution in [0.25, 0.3) is 0 Å². The van der Waals surface area contributed by atoms with E-state index in [2.05, 4.69) is 6.92 Å². The fourth-order valence-corrected chi connectivity index (χ4v) is 2.68. The lowest BCUT2D eigenvalue weighted by Gasteiger charge is -2.05. The highest BCUT2D eigenvalue weighted by Crippen LogP contribution is 2.12. The van der Waals surface area contributed by atoms with Crippen LogP contribution in [0.4, 0.5) is 4.79 Å². The van der Waals surface area contributed by atoms with E-state index in [1.54, 1.807) is 0 Å². The van der Waals surface area contributed by atoms with E-state index in [-0.39, 0.29) is 0 Å². The second-order valence-corrected chi connectivity index (χ2v) is 6.54. The molecule has 0 rings (SSSR count). The van der Waals surface area contributed by atoms with Crippen LogP contribution >= 0.6 is 0 Å². The summed E-state index contributed by atoms with van der Waals surface area (Å²) in [4.78, 5) is 11.1. The van der Waals surface area contributed by atoms with Crippen LogP contribution in [0.1, 0.15) is 110 Å². The maximum Gasteiger partial charge on any atom is 0.508 e. The maximum atomic E-state index is 11.1. The first-order valence-corrected chi connectivity index (χ1v) is 10.1. The number of carbonyl (C=O) groups excluding carboxylic acids is 1. The average molecular weight is 329 g/mol. The molecule has 0 bridgehead atoms. The molecular weight excluding hydrogens is 288 g/mol. The zero-order valence-corrected chi connectivity index (χ0v) is 15.7. The van der Waals surface area contributed by atoms with Crippen LogP contribution in [-0.2, 0) is 9.47 Å². The molecule has 0 N–H and O–H groups in total. The predicted molar refractivity (Wildman–Crippen MR) is 97.9 cm³/mol. The maximum absolute atomic E-state index is 11.1. The van der Waals surface area contributed by atoms with E-state index in [1.165, 1.54) is 77.0 Å². The lowest BCUT2D eigenvalue weighted by Crippen LogP contribution is -2.08. The van der Waals surface area contributed by atoms with Crippen molar-refractivity contribution in [3.8, 4) is 0 Å². The number of hydrogen-bond acceptors (Lipinski definition) is 3. The molecule has 0 heterocycles. The molecule has 0 aliphatic heterocycles. The van der Waals surface area contributed by atoms with Crippen LogP contribution in [0.5, 0.6) is 0 Å². The molecule has 0 aliphatic carbocycles. The van der Waals surface area contributed by atoms with Gasteiger partial charge in [-0.2, -0.15) is 0 Å². The van der Waals surface area contributed by atoms with E-state index in [4.69, 9.17) is 9.47 Å². The summed E-state index contributed by atoms with van der Waals surface area (Å²) in [7, 11) is 0. The van der Waals surface area contributed by atoms with Gasteiger partial charge in [0.25, 0.3) is 0 Å². The summed E-state index contributed by atoms with van der Waals surface area (Å²) >= 11 is 0. The Morgan fingerprint density at radius 2 is 0.913 bits per heavy atom. The van der Waals surface area contributed by atoms with Gasteiger partial charge in [0.15, 0.2) is 0 Å². The van der Waals surface area contributed by atoms with Gasteiger partial charge < -0.3 is 9.47 Å². The number of rotatable bonds is 17. The summed E-state index contributed by atoms with van der Waals surface area (Å²) in [5.41, 5.74) is 0. The molecule has 0 saturated carbocycles. The van der Waals surface area contributed by atoms with E-state index in [0.717, 1.165) is 19.3 Å². The van der Waals surface area contributed by atoms with Gasteiger partial charge in [-0.25, -0.2) is 4.79 Å². The summed E-state index contributed by atoms with van der Waals surface area (Å²) < 4.78 is 9.84. The van der Waals surface area contributed by atoms with Crippen LogP contribution < -0.4 is 0 Å². The summed E-state index contributed by atoms with van der Waals surface area (Å²) in [6, 6.07) is 0. The Morgan fingerprint density at radius 3 is 1.35 bits per heavy atom. The fraction of sp³-hybridized carbons (Fsp3) is 0.950. The number of ether oxygens (including phenoxy) is 2. The van der Waals surface area contributed by atoms with Gasteiger partial charge in [-0.05, 0) is 12.8 Å². The van der Waals surface area contributed by atoms with E-state index in [9.17, 15) is 4.79 Å². The second-order valence-electron chi connectivity index (χ2n) is 6.54. The molecular formula is C20H40O3. The van der Waals surface area contributed by atoms with Gasteiger partial charge in [-0.1, -0.05) is 97.3 Å². The molecule has 23 heavy (non-hydrogen) atoms. The highest BCUT2D eigenvalue weighted by molar-refractivity contribution is 5.59. The Kier molecular flexibility index (Phi) is 18.7. The average Bonchev–Trinajstić information content (AvgIpc) is 2.56. The topological polar surface area (TPSA) is 35.5 Å². The Hall–Kier alpha value is -0.730. The Bertz CT molecular complexity index is 241. The zero-order chi connectivity index (χ0) is 17.0. The standard InChI is InChI=1S/C20H40O3/c1-3-5-6-7-8-9-10-11-12-13-14-15-16-17-19-23-20(21)22-18-4-2/h3-19H2,1-2H3. The van der Waals surface area contributed by atoms with Crippen LogP contribution in [-0.4, -0.2) is 19.4 Å². The van der Waals surface area contributed by atoms with E-state index in [0.29, 0.717) is 13.2 Å². The Morgan fingerprint density at radius 1 is 0.522 bits per heavy atom. The SMILES string of the molecule is CCCCCCCCCCCCCCCCOC(=O)OCCC. The highest BCUT2D eigenvalue weighted by Gasteiger charge is 2.01. The highest BCUT2D eigenvalue weighted by atomic mass is 16.7. The first-order valence-electron chi connectivity index (χ1n) is 10.1. The Balaban J connectivity index is 3.04. The van der Waals surface area contributed by atoms with Crippen molar-refractivity contribution in [2.24, 2.45) is 0 Å². The summed E-state index contributed by atoms with van der Waals surface area (Å²) in [5, 5.41) is 0. The third-order valence-electron chi connectivity index (χ3n) is 4.14. The molecule has 0 radical (unpaired) electrons. The second kappa shape index (κ2) is 19.3. The lowest BCUT2D eigenvalue weighted by atomic mass is 10.0. The molecule has 0 fully saturated rings. The number of unbranched alkanes of at least 4 members (excludes halogenated alkanes) is 13. The van der Waals surface area contributed by atoms with Gasteiger partial charge >= 0.3 is 6.16 Å². The molecule has 0 atom stereocenters. The number of carbonyl (C=O) groups is 1. The minimum absolute atomic E-state index is 0.456. The zero-order valence-electron chi connectivity index (χ0n) is 15.7. The van der Waals surface area contributed by atoms with Crippen LogP contribution in [0.3, 0.4) is 0 Å². The van der Waals surface area contributed by atoms with E-state index >= 15 is 0 Å². The van der Waals surface area contributed by atoms with Crippen molar-refractivity contribution in [1.29, 1.82) is 0 Å². The van der Waals surface area contributed by atoms with Gasteiger partial charge in [-0.3, -0.25) is 0 Å². The van der Waals surface area contributed by atoms with Gasteiger partial charge in [0.2, 0.25) is 0 Å². The molecule has 0 unspecified atom stereocenters. The van der Waals surface area contributed by atoms with Gasteiger partial charge in [-0.15, -0.1) is 0 Å². The molecule has 0 aromatic rings. The summed E-state index contributed by atoms with van der Waals surface area (Å²) in [6.07, 6.45) is 19.0. The monoisotopic (exact) mass is 328 g/mol. The van der Waals surface area contributed by atoms with Crippen molar-refractivity contribution in [3.05, 3.63) is 0 Å². The van der Waals surface area contributed by atoms with Gasteiger partial charge in [0.1, 0.15) is 0 Å². The van der Waals surface area contributed by atoms with Crippen molar-refractivity contribution in [2.45, 2.75) is 110 Å². The minimum Gasteiger partial charge on any atom is -0.434 e. The van der Waals surface area contributed by atoms with Crippen LogP contribution in [0.15, 0.2) is 0 Å². The van der Waals surface area contributed by atoms with Crippen molar-refractivity contribution in [3.63, 3.8) is 0 Å². The molecule has 0 saturated heterocycles. The van der Waals surface area contributed by atoms with Gasteiger partial charge in [0.05, 0.1) is 13.2 Å². The molecule has 138 valence electrons. The summed E-state index contributed by atoms with van der Waals surface area (Å²) in [6.45, 7) is 5.20. The molecule has 0 aromatic carbocycles. The third kappa shape index (κ3) is 19.2. The van der Waals surface area contributed by atoms with E-state index in [1.807, 2.05) is 6.92 Å². The van der Waals surface area contributed by atoms with Crippen molar-refractivity contribution in [2.75, 3.05) is 13.2 Å². The molecule has 0 aromatic heterocycles. The van der Waals surface area contributed by atoms with Crippen LogP contribution in [0.2, 0.25) is 0 Å². The van der Waals surface area contributed by atoms with Crippen molar-refractivity contribution < 1.29 is 14.3 Å². The third-order valence-corrected chi connectivity index (χ3v) is 4.14. The first-order chi connectivity index (χ1) is 11.3. The molecule has 0 amide bonds. The normalized spacial score (nSPS) is 10.7. The molecule has 0 spiro atoms. The van der Waals surface area contributed by atoms with Gasteiger partial charge in [0, 0.05) is 0 Å².